The van der Waals surface area contributed by atoms with Crippen LogP contribution < -0.4 is 0 Å². The number of alkyl halides is 12. The number of hydrogen-bond donors (Lipinski definition) is 0. The molecule has 3 nitrogen and oxygen atoms in total. The van der Waals surface area contributed by atoms with E-state index in [1.807, 2.05) is 0 Å². The lowest BCUT2D eigenvalue weighted by molar-refractivity contribution is -0.331. The Balaban J connectivity index is 5.25. The van der Waals surface area contributed by atoms with Gasteiger partial charge >= 0.3 is 44.9 Å². The van der Waals surface area contributed by atoms with Gasteiger partial charge in [0.2, 0.25) is 0 Å². The van der Waals surface area contributed by atoms with Crippen LogP contribution in [0.15, 0.2) is 0 Å². The molecule has 0 spiro atoms. The van der Waals surface area contributed by atoms with Crippen LogP contribution in [-0.4, -0.2) is 44.9 Å². The molecule has 0 atom stereocenters. The lowest BCUT2D eigenvalue weighted by Gasteiger charge is -2.26. The third-order valence-electron chi connectivity index (χ3n) is 1.52. The SMILES string of the molecule is FC(F)C(F)(F)OB(OC(F)(F)C(F)F)OC(F)(F)C(F)F. The molecule has 0 heterocycles. The van der Waals surface area contributed by atoms with Crippen molar-refractivity contribution in [3.05, 3.63) is 0 Å². The van der Waals surface area contributed by atoms with Gasteiger partial charge in [0.1, 0.15) is 0 Å². The van der Waals surface area contributed by atoms with Crippen molar-refractivity contribution in [1.29, 1.82) is 0 Å². The highest BCUT2D eigenvalue weighted by molar-refractivity contribution is 6.36. The Hall–Kier alpha value is -0.895. The van der Waals surface area contributed by atoms with Crippen molar-refractivity contribution in [3.8, 4) is 0 Å². The highest BCUT2D eigenvalue weighted by Gasteiger charge is 2.58. The molecule has 0 aliphatic heterocycles. The van der Waals surface area contributed by atoms with E-state index in [1.54, 1.807) is 0 Å². The maximum Gasteiger partial charge on any atom is 0.652 e. The standard InChI is InChI=1S/C6H3BF12O3/c8-1(9)4(14,15)20-7(21-5(16,17)2(10)11)22-6(18,19)3(12)13/h1-3H. The second-order valence-electron chi connectivity index (χ2n) is 3.23. The zero-order chi connectivity index (χ0) is 17.9. The van der Waals surface area contributed by atoms with Crippen LogP contribution in [0.25, 0.3) is 0 Å². The minimum absolute atomic E-state index is 2.52. The van der Waals surface area contributed by atoms with Crippen molar-refractivity contribution in [1.82, 2.24) is 0 Å². The lowest BCUT2D eigenvalue weighted by atomic mass is 10.2. The van der Waals surface area contributed by atoms with Crippen LogP contribution >= 0.6 is 0 Å². The lowest BCUT2D eigenvalue weighted by Crippen LogP contribution is -2.50. The van der Waals surface area contributed by atoms with Gasteiger partial charge in [-0.1, -0.05) is 0 Å². The van der Waals surface area contributed by atoms with Crippen molar-refractivity contribution >= 4 is 7.32 Å². The smallest absolute Gasteiger partial charge is 0.322 e. The highest BCUT2D eigenvalue weighted by atomic mass is 19.3. The number of rotatable bonds is 9. The fourth-order valence-electron chi connectivity index (χ4n) is 0.611. The summed E-state index contributed by atoms with van der Waals surface area (Å²) in [4.78, 5) is 0. The van der Waals surface area contributed by atoms with E-state index in [4.69, 9.17) is 0 Å². The summed E-state index contributed by atoms with van der Waals surface area (Å²) in [5.41, 5.74) is 0. The first kappa shape index (κ1) is 21.1. The van der Waals surface area contributed by atoms with Crippen LogP contribution in [0.1, 0.15) is 0 Å². The molecule has 0 aliphatic carbocycles. The molecule has 0 aliphatic rings. The fourth-order valence-corrected chi connectivity index (χ4v) is 0.611. The zero-order valence-corrected chi connectivity index (χ0v) is 9.57. The summed E-state index contributed by atoms with van der Waals surface area (Å²) in [6.45, 7) is 0. The van der Waals surface area contributed by atoms with Gasteiger partial charge in [-0.05, 0) is 0 Å². The first-order valence-electron chi connectivity index (χ1n) is 4.63. The van der Waals surface area contributed by atoms with Crippen LogP contribution in [0.4, 0.5) is 52.7 Å². The summed E-state index contributed by atoms with van der Waals surface area (Å²) in [5, 5.41) is 0. The Morgan fingerprint density at radius 3 is 0.818 bits per heavy atom. The monoisotopic (exact) mass is 362 g/mol. The van der Waals surface area contributed by atoms with E-state index in [0.717, 1.165) is 0 Å². The molecule has 0 amide bonds. The van der Waals surface area contributed by atoms with Gasteiger partial charge in [-0.3, -0.25) is 0 Å². The molecule has 0 N–H and O–H groups in total. The first-order valence-corrected chi connectivity index (χ1v) is 4.63. The molecule has 0 fully saturated rings. The Labute approximate surface area is 113 Å². The maximum atomic E-state index is 12.4. The van der Waals surface area contributed by atoms with Crippen LogP contribution in [0.2, 0.25) is 0 Å². The molecule has 0 saturated heterocycles. The van der Waals surface area contributed by atoms with Crippen molar-refractivity contribution in [2.24, 2.45) is 0 Å². The summed E-state index contributed by atoms with van der Waals surface area (Å²) >= 11 is 0. The van der Waals surface area contributed by atoms with Gasteiger partial charge in [-0.15, -0.1) is 0 Å². The average molecular weight is 362 g/mol. The van der Waals surface area contributed by atoms with Gasteiger partial charge in [-0.25, -0.2) is 26.3 Å². The Morgan fingerprint density at radius 2 is 0.682 bits per heavy atom. The molecule has 0 rings (SSSR count). The van der Waals surface area contributed by atoms with E-state index in [0.29, 0.717) is 0 Å². The minimum atomic E-state index is -5.80. The molecule has 0 bridgehead atoms. The quantitative estimate of drug-likeness (QED) is 0.464. The van der Waals surface area contributed by atoms with E-state index in [9.17, 15) is 52.7 Å². The third-order valence-corrected chi connectivity index (χ3v) is 1.52. The summed E-state index contributed by atoms with van der Waals surface area (Å²) in [6, 6.07) is 0. The number of halogens is 12. The van der Waals surface area contributed by atoms with E-state index < -0.39 is 44.9 Å². The van der Waals surface area contributed by atoms with Crippen LogP contribution in [0.5, 0.6) is 0 Å². The average Bonchev–Trinajstić information content (AvgIpc) is 2.25. The molecule has 16 heteroatoms. The predicted octanol–water partition coefficient (Wildman–Crippen LogP) is 3.59. The Kier molecular flexibility index (Phi) is 6.83. The minimum Gasteiger partial charge on any atom is -0.322 e. The summed E-state index contributed by atoms with van der Waals surface area (Å²) in [7, 11) is -4.36. The molecule has 0 saturated carbocycles. The van der Waals surface area contributed by atoms with Crippen LogP contribution in [-0.2, 0) is 14.0 Å². The first-order chi connectivity index (χ1) is 9.62. The maximum absolute atomic E-state index is 12.4. The van der Waals surface area contributed by atoms with Crippen LogP contribution in [0, 0.1) is 0 Å². The van der Waals surface area contributed by atoms with Gasteiger partial charge in [-0.2, -0.15) is 26.3 Å². The molecule has 22 heavy (non-hydrogen) atoms. The van der Waals surface area contributed by atoms with E-state index >= 15 is 0 Å². The van der Waals surface area contributed by atoms with E-state index in [1.165, 1.54) is 0 Å². The normalized spacial score (nSPS) is 14.3. The molecule has 0 aromatic rings. The second kappa shape index (κ2) is 7.12. The topological polar surface area (TPSA) is 27.7 Å². The van der Waals surface area contributed by atoms with Gasteiger partial charge in [0, 0.05) is 0 Å². The molecular weight excluding hydrogens is 359 g/mol. The number of hydrogen-bond acceptors (Lipinski definition) is 3. The van der Waals surface area contributed by atoms with Gasteiger partial charge in [0.15, 0.2) is 0 Å². The summed E-state index contributed by atoms with van der Waals surface area (Å²) in [6.07, 6.45) is -31.9. The highest BCUT2D eigenvalue weighted by Crippen LogP contribution is 2.33. The molecule has 0 aromatic carbocycles. The largest absolute Gasteiger partial charge is 0.652 e. The van der Waals surface area contributed by atoms with Gasteiger partial charge < -0.3 is 14.0 Å². The Bertz CT molecular complexity index is 297. The van der Waals surface area contributed by atoms with E-state index in [-0.39, 0.29) is 0 Å². The molecule has 0 aromatic heterocycles. The summed E-state index contributed by atoms with van der Waals surface area (Å²) in [5.74, 6) is 0. The van der Waals surface area contributed by atoms with Crippen molar-refractivity contribution in [2.75, 3.05) is 0 Å². The van der Waals surface area contributed by atoms with Crippen LogP contribution in [0.3, 0.4) is 0 Å². The summed E-state index contributed by atoms with van der Waals surface area (Å²) < 4.78 is 152. The molecule has 0 radical (unpaired) electrons. The van der Waals surface area contributed by atoms with Crippen molar-refractivity contribution in [2.45, 2.75) is 37.6 Å². The Morgan fingerprint density at radius 1 is 0.500 bits per heavy atom. The van der Waals surface area contributed by atoms with E-state index in [2.05, 4.69) is 14.0 Å². The molecule has 132 valence electrons. The zero-order valence-electron chi connectivity index (χ0n) is 9.57. The van der Waals surface area contributed by atoms with Crippen molar-refractivity contribution in [3.63, 3.8) is 0 Å². The fraction of sp³-hybridized carbons (Fsp3) is 1.00. The third kappa shape index (κ3) is 6.08. The van der Waals surface area contributed by atoms with Gasteiger partial charge in [0.05, 0.1) is 0 Å². The molecule has 0 unspecified atom stereocenters. The molecular formula is C6H3BF12O3. The second-order valence-corrected chi connectivity index (χ2v) is 3.23. The predicted molar refractivity (Wildman–Crippen MR) is 41.9 cm³/mol. The van der Waals surface area contributed by atoms with Gasteiger partial charge in [0.25, 0.3) is 0 Å². The van der Waals surface area contributed by atoms with Crippen molar-refractivity contribution < 1.29 is 66.6 Å².